The van der Waals surface area contributed by atoms with E-state index in [1.807, 2.05) is 6.92 Å². The average Bonchev–Trinajstić information content (AvgIpc) is 3.41. The lowest BCUT2D eigenvalue weighted by atomic mass is 9.81. The van der Waals surface area contributed by atoms with E-state index in [1.165, 1.54) is 12.0 Å². The molecule has 1 aliphatic heterocycles. The zero-order valence-corrected chi connectivity index (χ0v) is 27.5. The van der Waals surface area contributed by atoms with Gasteiger partial charge in [0, 0.05) is 70.0 Å². The minimum Gasteiger partial charge on any atom is -0.353 e. The SMILES string of the molecule is C=C(CN1CCN(C)CC1)C(=O)CC[C@@H](NC(=O)[C@@H](CC(=O)CCC)Cc1nc2ccc(CC)cc2s1)C1CCCCC1. The molecule has 1 saturated carbocycles. The number of amides is 1. The van der Waals surface area contributed by atoms with E-state index >= 15 is 0 Å². The molecule has 0 bridgehead atoms. The molecule has 1 amide bonds. The predicted octanol–water partition coefficient (Wildman–Crippen LogP) is 5.99. The second-order valence-corrected chi connectivity index (χ2v) is 13.9. The third kappa shape index (κ3) is 10.0. The molecule has 1 N–H and O–H groups in total. The van der Waals surface area contributed by atoms with Gasteiger partial charge in [0.25, 0.3) is 0 Å². The van der Waals surface area contributed by atoms with E-state index in [4.69, 9.17) is 4.98 Å². The highest BCUT2D eigenvalue weighted by atomic mass is 32.1. The van der Waals surface area contributed by atoms with Crippen molar-refractivity contribution in [3.05, 3.63) is 40.9 Å². The van der Waals surface area contributed by atoms with Gasteiger partial charge in [-0.15, -0.1) is 11.3 Å². The second kappa shape index (κ2) is 16.6. The molecule has 2 aromatic rings. The molecule has 7 nitrogen and oxygen atoms in total. The Bertz CT molecular complexity index is 1240. The number of piperazine rings is 1. The van der Waals surface area contributed by atoms with Gasteiger partial charge in [-0.1, -0.05) is 45.8 Å². The Kier molecular flexibility index (Phi) is 12.9. The van der Waals surface area contributed by atoms with E-state index < -0.39 is 5.92 Å². The molecule has 0 radical (unpaired) electrons. The van der Waals surface area contributed by atoms with Crippen molar-refractivity contribution in [3.8, 4) is 0 Å². The third-order valence-corrected chi connectivity index (χ3v) is 10.4. The summed E-state index contributed by atoms with van der Waals surface area (Å²) < 4.78 is 1.13. The summed E-state index contributed by atoms with van der Waals surface area (Å²) >= 11 is 1.63. The molecule has 1 saturated heterocycles. The number of aromatic nitrogens is 1. The first kappa shape index (κ1) is 33.5. The second-order valence-electron chi connectivity index (χ2n) is 12.8. The largest absolute Gasteiger partial charge is 0.353 e. The Morgan fingerprint density at radius 1 is 1.07 bits per heavy atom. The highest BCUT2D eigenvalue weighted by Gasteiger charge is 2.30. The van der Waals surface area contributed by atoms with E-state index in [0.29, 0.717) is 43.7 Å². The summed E-state index contributed by atoms with van der Waals surface area (Å²) in [5.41, 5.74) is 2.89. The maximum absolute atomic E-state index is 13.9. The van der Waals surface area contributed by atoms with Gasteiger partial charge < -0.3 is 10.2 Å². The Balaban J connectivity index is 1.43. The van der Waals surface area contributed by atoms with Crippen LogP contribution in [0.15, 0.2) is 30.4 Å². The van der Waals surface area contributed by atoms with E-state index in [2.05, 4.69) is 53.9 Å². The van der Waals surface area contributed by atoms with Crippen molar-refractivity contribution in [3.63, 3.8) is 0 Å². The molecular formula is C35H52N4O3S. The minimum atomic E-state index is -0.459. The van der Waals surface area contributed by atoms with Crippen molar-refractivity contribution >= 4 is 39.0 Å². The Morgan fingerprint density at radius 3 is 2.51 bits per heavy atom. The molecule has 0 spiro atoms. The van der Waals surface area contributed by atoms with Crippen molar-refractivity contribution in [1.82, 2.24) is 20.1 Å². The molecule has 4 rings (SSSR count). The van der Waals surface area contributed by atoms with Gasteiger partial charge in [0.05, 0.1) is 21.1 Å². The number of nitrogens with zero attached hydrogens (tertiary/aromatic N) is 3. The molecule has 236 valence electrons. The van der Waals surface area contributed by atoms with E-state index in [-0.39, 0.29) is 29.9 Å². The first-order valence-electron chi connectivity index (χ1n) is 16.6. The standard InChI is InChI=1S/C35H52N4O3S/c1-5-10-29(40)22-28(23-34-36-31-14-13-26(6-2)21-33(31)43-34)35(42)37-30(27-11-8-7-9-12-27)15-16-32(41)25(3)24-39-19-17-38(4)18-20-39/h13-14,21,27-28,30H,3,5-12,15-20,22-24H2,1-2,4H3,(H,37,42)/t28-,30+/m0/s1. The highest BCUT2D eigenvalue weighted by molar-refractivity contribution is 7.18. The van der Waals surface area contributed by atoms with Crippen LogP contribution in [0.2, 0.25) is 0 Å². The monoisotopic (exact) mass is 608 g/mol. The van der Waals surface area contributed by atoms with Crippen LogP contribution in [0.25, 0.3) is 10.2 Å². The lowest BCUT2D eigenvalue weighted by Crippen LogP contribution is -2.46. The molecule has 1 aliphatic carbocycles. The van der Waals surface area contributed by atoms with Crippen LogP contribution in [0.4, 0.5) is 0 Å². The smallest absolute Gasteiger partial charge is 0.224 e. The Labute approximate surface area is 262 Å². The van der Waals surface area contributed by atoms with Crippen LogP contribution in [0.5, 0.6) is 0 Å². The molecule has 0 unspecified atom stereocenters. The van der Waals surface area contributed by atoms with Gasteiger partial charge in [-0.2, -0.15) is 0 Å². The van der Waals surface area contributed by atoms with Gasteiger partial charge in [-0.25, -0.2) is 4.98 Å². The van der Waals surface area contributed by atoms with Crippen molar-refractivity contribution < 1.29 is 14.4 Å². The maximum atomic E-state index is 13.9. The number of hydrogen-bond acceptors (Lipinski definition) is 7. The van der Waals surface area contributed by atoms with Gasteiger partial charge in [-0.05, 0) is 62.8 Å². The van der Waals surface area contributed by atoms with Crippen molar-refractivity contribution in [2.45, 2.75) is 96.9 Å². The summed E-state index contributed by atoms with van der Waals surface area (Å²) in [5, 5.41) is 4.28. The van der Waals surface area contributed by atoms with Crippen molar-refractivity contribution in [1.29, 1.82) is 0 Å². The van der Waals surface area contributed by atoms with E-state index in [9.17, 15) is 14.4 Å². The average molecular weight is 609 g/mol. The summed E-state index contributed by atoms with van der Waals surface area (Å²) in [6.07, 6.45) is 9.61. The first-order valence-corrected chi connectivity index (χ1v) is 17.4. The number of ketones is 2. The number of fused-ring (bicyclic) bond motifs is 1. The fourth-order valence-electron chi connectivity index (χ4n) is 6.54. The topological polar surface area (TPSA) is 82.6 Å². The molecule has 43 heavy (non-hydrogen) atoms. The zero-order valence-electron chi connectivity index (χ0n) is 26.7. The lowest BCUT2D eigenvalue weighted by molar-refractivity contribution is -0.130. The summed E-state index contributed by atoms with van der Waals surface area (Å²) in [6.45, 7) is 12.8. The molecule has 8 heteroatoms. The van der Waals surface area contributed by atoms with Crippen LogP contribution in [-0.4, -0.2) is 78.1 Å². The number of rotatable bonds is 16. The number of carbonyl (C=O) groups is 3. The number of aryl methyl sites for hydroxylation is 1. The number of carbonyl (C=O) groups excluding carboxylic acids is 3. The molecule has 1 aromatic heterocycles. The van der Waals surface area contributed by atoms with Gasteiger partial charge >= 0.3 is 0 Å². The Hall–Kier alpha value is -2.42. The maximum Gasteiger partial charge on any atom is 0.224 e. The normalized spacial score (nSPS) is 18.4. The summed E-state index contributed by atoms with van der Waals surface area (Å²) in [4.78, 5) is 49.4. The quantitative estimate of drug-likeness (QED) is 0.236. The number of thiazole rings is 1. The zero-order chi connectivity index (χ0) is 30.8. The number of hydrogen-bond donors (Lipinski definition) is 1. The molecule has 2 atom stereocenters. The fraction of sp³-hybridized carbons (Fsp3) is 0.657. The van der Waals surface area contributed by atoms with Crippen molar-refractivity contribution in [2.75, 3.05) is 39.8 Å². The van der Waals surface area contributed by atoms with Crippen LogP contribution >= 0.6 is 11.3 Å². The van der Waals surface area contributed by atoms with Crippen LogP contribution in [-0.2, 0) is 27.2 Å². The molecule has 2 fully saturated rings. The van der Waals surface area contributed by atoms with Gasteiger partial charge in [0.2, 0.25) is 5.91 Å². The molecule has 2 aliphatic rings. The number of Topliss-reactive ketones (excluding diaryl/α,β-unsaturated/α-hetero) is 2. The Morgan fingerprint density at radius 2 is 1.81 bits per heavy atom. The molecular weight excluding hydrogens is 556 g/mol. The highest BCUT2D eigenvalue weighted by Crippen LogP contribution is 2.30. The fourth-order valence-corrected chi connectivity index (χ4v) is 7.65. The number of nitrogens with one attached hydrogen (secondary N) is 1. The third-order valence-electron chi connectivity index (χ3n) is 9.33. The van der Waals surface area contributed by atoms with Crippen molar-refractivity contribution in [2.24, 2.45) is 11.8 Å². The molecule has 1 aromatic carbocycles. The van der Waals surface area contributed by atoms with Crippen LogP contribution < -0.4 is 5.32 Å². The van der Waals surface area contributed by atoms with Crippen LogP contribution in [0.1, 0.15) is 88.6 Å². The number of benzene rings is 1. The summed E-state index contributed by atoms with van der Waals surface area (Å²) in [5.74, 6) is 0.0565. The van der Waals surface area contributed by atoms with Gasteiger partial charge in [0.1, 0.15) is 5.78 Å². The van der Waals surface area contributed by atoms with Crippen LogP contribution in [0, 0.1) is 11.8 Å². The van der Waals surface area contributed by atoms with E-state index in [0.717, 1.165) is 79.9 Å². The van der Waals surface area contributed by atoms with E-state index in [1.54, 1.807) is 11.3 Å². The summed E-state index contributed by atoms with van der Waals surface area (Å²) in [6, 6.07) is 6.27. The van der Waals surface area contributed by atoms with Gasteiger partial charge in [0.15, 0.2) is 5.78 Å². The predicted molar refractivity (Wildman–Crippen MR) is 177 cm³/mol. The van der Waals surface area contributed by atoms with Crippen LogP contribution in [0.3, 0.4) is 0 Å². The lowest BCUT2D eigenvalue weighted by Gasteiger charge is -2.33. The first-order chi connectivity index (χ1) is 20.7. The van der Waals surface area contributed by atoms with Gasteiger partial charge in [-0.3, -0.25) is 19.3 Å². The molecule has 2 heterocycles. The minimum absolute atomic E-state index is 0.0700. The summed E-state index contributed by atoms with van der Waals surface area (Å²) in [7, 11) is 2.13. The number of likely N-dealkylation sites (N-methyl/N-ethyl adjacent to an activating group) is 1.